The number of β-amino-alcohol motifs (C(OH)–C–C–N with tert-alkyl or cyclic N) is 1. The highest BCUT2D eigenvalue weighted by Gasteiger charge is 2.33. The van der Waals surface area contributed by atoms with Crippen LogP contribution in [0.15, 0.2) is 36.4 Å². The fraction of sp³-hybridized carbons (Fsp3) is 0.481. The van der Waals surface area contributed by atoms with Crippen LogP contribution in [-0.4, -0.2) is 51.2 Å². The summed E-state index contributed by atoms with van der Waals surface area (Å²) in [6, 6.07) is 12.8. The second kappa shape index (κ2) is 8.92. The molecule has 1 aliphatic carbocycles. The number of carbonyl (C=O) groups excluding carboxylic acids is 1. The molecule has 33 heavy (non-hydrogen) atoms. The first-order valence-corrected chi connectivity index (χ1v) is 12.2. The SMILES string of the molecule is CCC(=O)Nc1ccc2c(c1)C[C@H](CN1CC[C@@H](n3c(C)nc4cc(C)ccc43)[C@H](O)C1)C2. The molecule has 1 aliphatic heterocycles. The van der Waals surface area contributed by atoms with Crippen LogP contribution in [0.4, 0.5) is 5.69 Å². The Labute approximate surface area is 195 Å². The van der Waals surface area contributed by atoms with Crippen LogP contribution in [0.5, 0.6) is 0 Å². The molecule has 0 radical (unpaired) electrons. The van der Waals surface area contributed by atoms with Gasteiger partial charge >= 0.3 is 0 Å². The van der Waals surface area contributed by atoms with Gasteiger partial charge in [0.15, 0.2) is 0 Å². The minimum Gasteiger partial charge on any atom is -0.390 e. The predicted octanol–water partition coefficient (Wildman–Crippen LogP) is 4.02. The molecular weight excluding hydrogens is 412 g/mol. The number of imidazole rings is 1. The second-order valence-corrected chi connectivity index (χ2v) is 9.86. The fourth-order valence-corrected chi connectivity index (χ4v) is 5.73. The molecule has 3 aromatic rings. The number of piperidine rings is 1. The number of aliphatic hydroxyl groups is 1. The Bertz CT molecular complexity index is 1180. The number of amides is 1. The summed E-state index contributed by atoms with van der Waals surface area (Å²) in [6.07, 6.45) is 3.11. The van der Waals surface area contributed by atoms with Gasteiger partial charge in [0, 0.05) is 31.7 Å². The minimum atomic E-state index is -0.407. The summed E-state index contributed by atoms with van der Waals surface area (Å²) in [6.45, 7) is 8.68. The Morgan fingerprint density at radius 1 is 1.15 bits per heavy atom. The molecule has 2 heterocycles. The van der Waals surface area contributed by atoms with Gasteiger partial charge in [-0.15, -0.1) is 0 Å². The van der Waals surface area contributed by atoms with E-state index in [1.54, 1.807) is 0 Å². The summed E-state index contributed by atoms with van der Waals surface area (Å²) in [4.78, 5) is 18.9. The number of hydrogen-bond acceptors (Lipinski definition) is 4. The highest BCUT2D eigenvalue weighted by molar-refractivity contribution is 5.90. The van der Waals surface area contributed by atoms with Crippen molar-refractivity contribution in [1.29, 1.82) is 0 Å². The molecular formula is C27H34N4O2. The first-order chi connectivity index (χ1) is 15.9. The lowest BCUT2D eigenvalue weighted by Gasteiger charge is -2.38. The van der Waals surface area contributed by atoms with Crippen LogP contribution < -0.4 is 5.32 Å². The van der Waals surface area contributed by atoms with Crippen molar-refractivity contribution < 1.29 is 9.90 Å². The van der Waals surface area contributed by atoms with E-state index < -0.39 is 6.10 Å². The first-order valence-electron chi connectivity index (χ1n) is 12.2. The standard InChI is InChI=1S/C27H34N4O2/c1-4-27(33)29-22-7-6-20-12-19(13-21(20)14-22)15-30-10-9-25(26(32)16-30)31-18(3)28-23-11-17(2)5-8-24(23)31/h5-8,11,14,19,25-26,32H,4,9-10,12-13,15-16H2,1-3H3,(H,29,33)/t19-,25-,26-/m1/s1. The Morgan fingerprint density at radius 2 is 1.97 bits per heavy atom. The number of nitrogens with zero attached hydrogens (tertiary/aromatic N) is 3. The van der Waals surface area contributed by atoms with Gasteiger partial charge in [0.1, 0.15) is 5.82 Å². The van der Waals surface area contributed by atoms with Gasteiger partial charge in [0.2, 0.25) is 5.91 Å². The largest absolute Gasteiger partial charge is 0.390 e. The Kier molecular flexibility index (Phi) is 5.97. The number of likely N-dealkylation sites (tertiary alicyclic amines) is 1. The molecule has 2 N–H and O–H groups in total. The maximum absolute atomic E-state index is 11.7. The van der Waals surface area contributed by atoms with Gasteiger partial charge < -0.3 is 19.9 Å². The van der Waals surface area contributed by atoms with Crippen LogP contribution in [-0.2, 0) is 17.6 Å². The molecule has 0 unspecified atom stereocenters. The van der Waals surface area contributed by atoms with E-state index in [2.05, 4.69) is 52.0 Å². The van der Waals surface area contributed by atoms with E-state index in [1.807, 2.05) is 19.9 Å². The highest BCUT2D eigenvalue weighted by atomic mass is 16.3. The maximum Gasteiger partial charge on any atom is 0.224 e. The summed E-state index contributed by atoms with van der Waals surface area (Å²) in [5, 5.41) is 14.1. The normalized spacial score (nSPS) is 23.1. The zero-order valence-corrected chi connectivity index (χ0v) is 19.8. The zero-order chi connectivity index (χ0) is 23.1. The predicted molar refractivity (Wildman–Crippen MR) is 132 cm³/mol. The van der Waals surface area contributed by atoms with Crippen molar-refractivity contribution in [2.24, 2.45) is 5.92 Å². The van der Waals surface area contributed by atoms with Crippen molar-refractivity contribution in [2.45, 2.75) is 58.6 Å². The van der Waals surface area contributed by atoms with Crippen molar-refractivity contribution in [3.8, 4) is 0 Å². The van der Waals surface area contributed by atoms with Crippen LogP contribution in [0.25, 0.3) is 11.0 Å². The quantitative estimate of drug-likeness (QED) is 0.621. The van der Waals surface area contributed by atoms with Crippen molar-refractivity contribution >= 4 is 22.6 Å². The molecule has 174 valence electrons. The lowest BCUT2D eigenvalue weighted by atomic mass is 9.98. The van der Waals surface area contributed by atoms with E-state index in [0.717, 1.165) is 54.9 Å². The first kappa shape index (κ1) is 22.1. The van der Waals surface area contributed by atoms with Gasteiger partial charge in [0.25, 0.3) is 0 Å². The molecule has 3 atom stereocenters. The lowest BCUT2D eigenvalue weighted by Crippen LogP contribution is -2.46. The number of anilines is 1. The molecule has 6 heteroatoms. The fourth-order valence-electron chi connectivity index (χ4n) is 5.73. The third kappa shape index (κ3) is 4.42. The smallest absolute Gasteiger partial charge is 0.224 e. The number of aromatic nitrogens is 2. The van der Waals surface area contributed by atoms with Crippen LogP contribution in [0.1, 0.15) is 48.3 Å². The van der Waals surface area contributed by atoms with E-state index in [-0.39, 0.29) is 11.9 Å². The number of carbonyl (C=O) groups is 1. The topological polar surface area (TPSA) is 70.4 Å². The minimum absolute atomic E-state index is 0.0531. The number of aliphatic hydroxyl groups excluding tert-OH is 1. The Morgan fingerprint density at radius 3 is 2.76 bits per heavy atom. The van der Waals surface area contributed by atoms with Crippen molar-refractivity contribution in [2.75, 3.05) is 25.0 Å². The molecule has 0 bridgehead atoms. The molecule has 1 amide bonds. The van der Waals surface area contributed by atoms with Crippen LogP contribution >= 0.6 is 0 Å². The number of nitrogens with one attached hydrogen (secondary N) is 1. The molecule has 6 nitrogen and oxygen atoms in total. The molecule has 1 aromatic heterocycles. The Balaban J connectivity index is 1.22. The van der Waals surface area contributed by atoms with Crippen molar-refractivity contribution in [3.63, 3.8) is 0 Å². The summed E-state index contributed by atoms with van der Waals surface area (Å²) >= 11 is 0. The third-order valence-electron chi connectivity index (χ3n) is 7.33. The number of hydrogen-bond donors (Lipinski definition) is 2. The van der Waals surface area contributed by atoms with E-state index >= 15 is 0 Å². The number of benzene rings is 2. The number of rotatable bonds is 5. The molecule has 1 saturated heterocycles. The van der Waals surface area contributed by atoms with Crippen molar-refractivity contribution in [3.05, 3.63) is 58.9 Å². The molecule has 2 aliphatic rings. The third-order valence-corrected chi connectivity index (χ3v) is 7.33. The zero-order valence-electron chi connectivity index (χ0n) is 19.8. The molecule has 5 rings (SSSR count). The maximum atomic E-state index is 11.7. The number of fused-ring (bicyclic) bond motifs is 2. The van der Waals surface area contributed by atoms with Crippen LogP contribution in [0.3, 0.4) is 0 Å². The number of aryl methyl sites for hydroxylation is 2. The summed E-state index contributed by atoms with van der Waals surface area (Å²) < 4.78 is 2.24. The van der Waals surface area contributed by atoms with Gasteiger partial charge in [0.05, 0.1) is 23.2 Å². The van der Waals surface area contributed by atoms with Crippen LogP contribution in [0, 0.1) is 19.8 Å². The molecule has 1 fully saturated rings. The average molecular weight is 447 g/mol. The summed E-state index contributed by atoms with van der Waals surface area (Å²) in [7, 11) is 0. The lowest BCUT2D eigenvalue weighted by molar-refractivity contribution is -0.115. The molecule has 2 aromatic carbocycles. The van der Waals surface area contributed by atoms with Crippen molar-refractivity contribution in [1.82, 2.24) is 14.5 Å². The van der Waals surface area contributed by atoms with Gasteiger partial charge in [-0.25, -0.2) is 4.98 Å². The van der Waals surface area contributed by atoms with E-state index in [1.165, 1.54) is 16.7 Å². The molecule has 0 saturated carbocycles. The molecule has 0 spiro atoms. The summed E-state index contributed by atoms with van der Waals surface area (Å²) in [5.74, 6) is 1.59. The van der Waals surface area contributed by atoms with Crippen LogP contribution in [0.2, 0.25) is 0 Å². The van der Waals surface area contributed by atoms with Gasteiger partial charge in [-0.1, -0.05) is 19.1 Å². The highest BCUT2D eigenvalue weighted by Crippen LogP contribution is 2.33. The summed E-state index contributed by atoms with van der Waals surface area (Å²) in [5.41, 5.74) is 6.98. The second-order valence-electron chi connectivity index (χ2n) is 9.86. The van der Waals surface area contributed by atoms with E-state index in [4.69, 9.17) is 4.98 Å². The van der Waals surface area contributed by atoms with E-state index in [0.29, 0.717) is 18.9 Å². The Hall–Kier alpha value is -2.70. The van der Waals surface area contributed by atoms with E-state index in [9.17, 15) is 9.90 Å². The van der Waals surface area contributed by atoms with Gasteiger partial charge in [-0.2, -0.15) is 0 Å². The monoisotopic (exact) mass is 446 g/mol. The van der Waals surface area contributed by atoms with Gasteiger partial charge in [-0.05, 0) is 80.0 Å². The van der Waals surface area contributed by atoms with Gasteiger partial charge in [-0.3, -0.25) is 4.79 Å². The average Bonchev–Trinajstić information content (AvgIpc) is 3.32.